The number of aromatic nitrogens is 1. The molecule has 1 aliphatic rings. The molecule has 0 N–H and O–H groups in total. The third kappa shape index (κ3) is 3.62. The highest BCUT2D eigenvalue weighted by molar-refractivity contribution is 6.27. The molecule has 0 saturated heterocycles. The molecule has 0 unspecified atom stereocenters. The van der Waals surface area contributed by atoms with Gasteiger partial charge >= 0.3 is 0 Å². The van der Waals surface area contributed by atoms with Crippen LogP contribution >= 0.6 is 0 Å². The first-order valence-electron chi connectivity index (χ1n) is 17.6. The molecule has 10 aromatic rings. The molecule has 0 radical (unpaired) electrons. The smallest absolute Gasteiger partial charge is 0.0585 e. The molecular weight excluding hydrogens is 603 g/mol. The van der Waals surface area contributed by atoms with Crippen molar-refractivity contribution >= 4 is 54.0 Å². The number of hydrogen-bond acceptors (Lipinski definition) is 0. The Balaban J connectivity index is 1.20. The number of hydrogen-bond donors (Lipinski definition) is 0. The van der Waals surface area contributed by atoms with Gasteiger partial charge in [0.05, 0.1) is 11.2 Å². The summed E-state index contributed by atoms with van der Waals surface area (Å²) in [5.41, 5.74) is 12.8. The second-order valence-corrected chi connectivity index (χ2v) is 14.5. The summed E-state index contributed by atoms with van der Waals surface area (Å²) in [4.78, 5) is 0. The van der Waals surface area contributed by atoms with Gasteiger partial charge in [0, 0.05) is 22.1 Å². The predicted molar refractivity (Wildman–Crippen MR) is 213 cm³/mol. The van der Waals surface area contributed by atoms with Gasteiger partial charge in [0.1, 0.15) is 0 Å². The van der Waals surface area contributed by atoms with Crippen molar-refractivity contribution in [2.45, 2.75) is 19.3 Å². The Morgan fingerprint density at radius 1 is 0.400 bits per heavy atom. The monoisotopic (exact) mass is 635 g/mol. The maximum absolute atomic E-state index is 2.51. The lowest BCUT2D eigenvalue weighted by Crippen LogP contribution is -2.15. The van der Waals surface area contributed by atoms with Crippen LogP contribution in [0.4, 0.5) is 0 Å². The first kappa shape index (κ1) is 27.7. The molecule has 0 fully saturated rings. The molecule has 0 spiro atoms. The molecule has 234 valence electrons. The van der Waals surface area contributed by atoms with Crippen molar-refractivity contribution in [3.05, 3.63) is 175 Å². The minimum atomic E-state index is -0.182. The molecule has 50 heavy (non-hydrogen) atoms. The van der Waals surface area contributed by atoms with Crippen molar-refractivity contribution in [2.24, 2.45) is 0 Å². The van der Waals surface area contributed by atoms with Gasteiger partial charge in [-0.05, 0) is 101 Å². The van der Waals surface area contributed by atoms with Crippen molar-refractivity contribution in [3.8, 4) is 39.2 Å². The van der Waals surface area contributed by atoms with E-state index >= 15 is 0 Å². The zero-order valence-electron chi connectivity index (χ0n) is 28.0. The van der Waals surface area contributed by atoms with Crippen molar-refractivity contribution in [2.75, 3.05) is 0 Å². The van der Waals surface area contributed by atoms with E-state index in [1.165, 1.54) is 104 Å². The summed E-state index contributed by atoms with van der Waals surface area (Å²) in [7, 11) is 0. The normalized spacial score (nSPS) is 13.6. The zero-order valence-corrected chi connectivity index (χ0v) is 28.0. The summed E-state index contributed by atoms with van der Waals surface area (Å²) in [6, 6.07) is 60.9. The summed E-state index contributed by atoms with van der Waals surface area (Å²) < 4.78 is 2.51. The highest BCUT2D eigenvalue weighted by Gasteiger charge is 2.41. The van der Waals surface area contributed by atoms with Gasteiger partial charge < -0.3 is 4.57 Å². The van der Waals surface area contributed by atoms with Crippen LogP contribution in [0.1, 0.15) is 25.0 Å². The van der Waals surface area contributed by atoms with E-state index in [-0.39, 0.29) is 5.41 Å². The standard InChI is InChI=1S/C49H33N/c1-49(2)46-38-16-10-9-13-31(38)17-27-41(46)48-47(49)42-29-34(22-28-43(42)50(48)35-14-7-4-8-15-35)37-24-19-33-20-25-39-36(30-11-5-3-6-12-30)23-18-32-21-26-40(37)45(33)44(32)39/h3-29H,1-2H3. The van der Waals surface area contributed by atoms with Crippen LogP contribution in [-0.2, 0) is 5.41 Å². The molecule has 0 atom stereocenters. The summed E-state index contributed by atoms with van der Waals surface area (Å²) in [5.74, 6) is 0. The van der Waals surface area contributed by atoms with Crippen molar-refractivity contribution in [3.63, 3.8) is 0 Å². The van der Waals surface area contributed by atoms with Crippen molar-refractivity contribution in [1.29, 1.82) is 0 Å². The number of benzene rings is 9. The van der Waals surface area contributed by atoms with E-state index in [1.807, 2.05) is 0 Å². The molecule has 9 aromatic carbocycles. The van der Waals surface area contributed by atoms with E-state index in [0.29, 0.717) is 0 Å². The third-order valence-corrected chi connectivity index (χ3v) is 11.5. The Bertz CT molecular complexity index is 2980. The SMILES string of the molecule is CC1(C)c2c(ccc3ccccc23)-c2c1c1cc(-c3ccc4ccc5c(-c6ccccc6)ccc6ccc3c4c65)ccc1n2-c1ccccc1. The van der Waals surface area contributed by atoms with Crippen molar-refractivity contribution in [1.82, 2.24) is 4.57 Å². The fourth-order valence-electron chi connectivity index (χ4n) is 9.38. The lowest BCUT2D eigenvalue weighted by molar-refractivity contribution is 0.672. The summed E-state index contributed by atoms with van der Waals surface area (Å²) in [6.07, 6.45) is 0. The maximum atomic E-state index is 2.51. The van der Waals surface area contributed by atoms with Gasteiger partial charge in [0.15, 0.2) is 0 Å². The average Bonchev–Trinajstić information content (AvgIpc) is 3.64. The van der Waals surface area contributed by atoms with Gasteiger partial charge in [-0.15, -0.1) is 0 Å². The van der Waals surface area contributed by atoms with Crippen LogP contribution in [-0.4, -0.2) is 4.57 Å². The van der Waals surface area contributed by atoms with Gasteiger partial charge in [-0.2, -0.15) is 0 Å². The first-order valence-corrected chi connectivity index (χ1v) is 17.6. The molecule has 11 rings (SSSR count). The van der Waals surface area contributed by atoms with Crippen LogP contribution in [0.25, 0.3) is 93.2 Å². The van der Waals surface area contributed by atoms with E-state index in [9.17, 15) is 0 Å². The van der Waals surface area contributed by atoms with E-state index in [4.69, 9.17) is 0 Å². The number of fused-ring (bicyclic) bond motifs is 7. The Morgan fingerprint density at radius 3 is 1.70 bits per heavy atom. The minimum Gasteiger partial charge on any atom is -0.309 e. The van der Waals surface area contributed by atoms with Crippen LogP contribution in [0.2, 0.25) is 0 Å². The van der Waals surface area contributed by atoms with Crippen LogP contribution in [0.5, 0.6) is 0 Å². The highest BCUT2D eigenvalue weighted by atomic mass is 15.0. The predicted octanol–water partition coefficient (Wildman–Crippen LogP) is 13.3. The molecule has 0 bridgehead atoms. The Hall–Kier alpha value is -6.18. The van der Waals surface area contributed by atoms with Crippen molar-refractivity contribution < 1.29 is 0 Å². The van der Waals surface area contributed by atoms with Crippen LogP contribution in [0.15, 0.2) is 164 Å². The highest BCUT2D eigenvalue weighted by Crippen LogP contribution is 2.56. The molecule has 0 amide bonds. The molecular formula is C49H33N. The Kier molecular flexibility index (Phi) is 5.51. The van der Waals surface area contributed by atoms with Crippen LogP contribution in [0.3, 0.4) is 0 Å². The average molecular weight is 636 g/mol. The van der Waals surface area contributed by atoms with E-state index in [0.717, 1.165) is 0 Å². The Morgan fingerprint density at radius 2 is 0.980 bits per heavy atom. The fraction of sp³-hybridized carbons (Fsp3) is 0.0612. The summed E-state index contributed by atoms with van der Waals surface area (Å²) >= 11 is 0. The van der Waals surface area contributed by atoms with Gasteiger partial charge in [-0.3, -0.25) is 0 Å². The zero-order chi connectivity index (χ0) is 33.1. The summed E-state index contributed by atoms with van der Waals surface area (Å²) in [6.45, 7) is 4.85. The van der Waals surface area contributed by atoms with Gasteiger partial charge in [-0.25, -0.2) is 0 Å². The van der Waals surface area contributed by atoms with E-state index in [2.05, 4.69) is 182 Å². The Labute approximate surface area is 291 Å². The lowest BCUT2D eigenvalue weighted by Gasteiger charge is -2.23. The molecule has 1 heterocycles. The number of nitrogens with zero attached hydrogens (tertiary/aromatic N) is 1. The third-order valence-electron chi connectivity index (χ3n) is 11.5. The molecule has 1 nitrogen and oxygen atoms in total. The quantitative estimate of drug-likeness (QED) is 0.170. The largest absolute Gasteiger partial charge is 0.309 e. The first-order chi connectivity index (χ1) is 24.6. The van der Waals surface area contributed by atoms with Crippen LogP contribution in [0, 0.1) is 0 Å². The molecule has 0 aliphatic heterocycles. The van der Waals surface area contributed by atoms with E-state index in [1.54, 1.807) is 0 Å². The number of rotatable bonds is 3. The second kappa shape index (κ2) is 9.94. The fourth-order valence-corrected chi connectivity index (χ4v) is 9.38. The van der Waals surface area contributed by atoms with E-state index < -0.39 is 0 Å². The topological polar surface area (TPSA) is 4.93 Å². The maximum Gasteiger partial charge on any atom is 0.0585 e. The molecule has 1 aliphatic carbocycles. The second-order valence-electron chi connectivity index (χ2n) is 14.5. The molecule has 1 aromatic heterocycles. The number of para-hydroxylation sites is 1. The summed E-state index contributed by atoms with van der Waals surface area (Å²) in [5, 5.41) is 11.8. The lowest BCUT2D eigenvalue weighted by atomic mass is 9.79. The van der Waals surface area contributed by atoms with Gasteiger partial charge in [0.2, 0.25) is 0 Å². The minimum absolute atomic E-state index is 0.182. The van der Waals surface area contributed by atoms with Gasteiger partial charge in [-0.1, -0.05) is 153 Å². The molecule has 1 heteroatoms. The van der Waals surface area contributed by atoms with Crippen LogP contribution < -0.4 is 0 Å². The van der Waals surface area contributed by atoms with Gasteiger partial charge in [0.25, 0.3) is 0 Å². The molecule has 0 saturated carbocycles.